The molecule has 0 bridgehead atoms. The van der Waals surface area contributed by atoms with Crippen molar-refractivity contribution in [3.8, 4) is 0 Å². The summed E-state index contributed by atoms with van der Waals surface area (Å²) in [5, 5.41) is 11.4. The Hall–Kier alpha value is -2.17. The number of carboxylic acid groups (broad SMARTS) is 1. The lowest BCUT2D eigenvalue weighted by atomic mass is 10.1. The average molecular weight is 248 g/mol. The summed E-state index contributed by atoms with van der Waals surface area (Å²) in [6.45, 7) is 3.37. The van der Waals surface area contributed by atoms with E-state index in [9.17, 15) is 9.59 Å². The summed E-state index contributed by atoms with van der Waals surface area (Å²) in [5.41, 5.74) is 1.32. The molecule has 0 aliphatic rings. The Bertz CT molecular complexity index is 466. The Kier molecular flexibility index (Phi) is 5.05. The molecule has 0 radical (unpaired) electrons. The van der Waals surface area contributed by atoms with E-state index in [0.717, 1.165) is 5.56 Å². The van der Waals surface area contributed by atoms with Crippen LogP contribution in [0, 0.1) is 0 Å². The zero-order chi connectivity index (χ0) is 13.5. The van der Waals surface area contributed by atoms with Gasteiger partial charge in [0.15, 0.2) is 0 Å². The van der Waals surface area contributed by atoms with E-state index in [1.807, 2.05) is 12.1 Å². The van der Waals surface area contributed by atoms with Gasteiger partial charge >= 0.3 is 5.97 Å². The second-order valence-electron chi connectivity index (χ2n) is 3.92. The summed E-state index contributed by atoms with van der Waals surface area (Å²) < 4.78 is 0. The topological polar surface area (TPSA) is 79.3 Å². The molecule has 0 aromatic carbocycles. The van der Waals surface area contributed by atoms with E-state index in [4.69, 9.17) is 5.11 Å². The molecule has 1 heterocycles. The lowest BCUT2D eigenvalue weighted by Crippen LogP contribution is -2.27. The molecule has 1 amide bonds. The van der Waals surface area contributed by atoms with Crippen LogP contribution in [-0.2, 0) is 16.0 Å². The first-order chi connectivity index (χ1) is 8.52. The predicted molar refractivity (Wildman–Crippen MR) is 67.0 cm³/mol. The Morgan fingerprint density at radius 3 is 2.61 bits per heavy atom. The molecule has 18 heavy (non-hydrogen) atoms. The third-order valence-corrected chi connectivity index (χ3v) is 2.65. The van der Waals surface area contributed by atoms with Crippen LogP contribution in [-0.4, -0.2) is 28.5 Å². The monoisotopic (exact) mass is 248 g/mol. The van der Waals surface area contributed by atoms with Gasteiger partial charge < -0.3 is 10.4 Å². The summed E-state index contributed by atoms with van der Waals surface area (Å²) in [6.07, 6.45) is 4.08. The minimum atomic E-state index is -1.07. The van der Waals surface area contributed by atoms with Crippen LogP contribution in [0.25, 0.3) is 0 Å². The van der Waals surface area contributed by atoms with Crippen molar-refractivity contribution in [1.29, 1.82) is 0 Å². The molecular weight excluding hydrogens is 232 g/mol. The molecule has 0 aliphatic heterocycles. The van der Waals surface area contributed by atoms with E-state index in [-0.39, 0.29) is 17.1 Å². The predicted octanol–water partition coefficient (Wildman–Crippen LogP) is 1.16. The lowest BCUT2D eigenvalue weighted by Gasteiger charge is -2.06. The summed E-state index contributed by atoms with van der Waals surface area (Å²) >= 11 is 0. The maximum Gasteiger partial charge on any atom is 0.331 e. The van der Waals surface area contributed by atoms with Gasteiger partial charge in [-0.2, -0.15) is 0 Å². The minimum Gasteiger partial charge on any atom is -0.478 e. The third-order valence-electron chi connectivity index (χ3n) is 2.65. The summed E-state index contributed by atoms with van der Waals surface area (Å²) in [6, 6.07) is 3.75. The quantitative estimate of drug-likeness (QED) is 0.766. The van der Waals surface area contributed by atoms with Crippen molar-refractivity contribution < 1.29 is 14.7 Å². The van der Waals surface area contributed by atoms with Crippen molar-refractivity contribution in [3.05, 3.63) is 41.2 Å². The fourth-order valence-corrected chi connectivity index (χ4v) is 1.33. The highest BCUT2D eigenvalue weighted by Crippen LogP contribution is 2.03. The number of aliphatic carboxylic acids is 1. The van der Waals surface area contributed by atoms with Crippen LogP contribution >= 0.6 is 0 Å². The first kappa shape index (κ1) is 13.9. The lowest BCUT2D eigenvalue weighted by molar-refractivity contribution is -0.133. The molecule has 0 spiro atoms. The first-order valence-electron chi connectivity index (χ1n) is 5.60. The van der Waals surface area contributed by atoms with E-state index in [1.165, 1.54) is 13.8 Å². The Balaban J connectivity index is 2.48. The highest BCUT2D eigenvalue weighted by atomic mass is 16.4. The second-order valence-corrected chi connectivity index (χ2v) is 3.92. The van der Waals surface area contributed by atoms with Crippen LogP contribution in [0.1, 0.15) is 19.4 Å². The minimum absolute atomic E-state index is 0.0638. The molecule has 0 aliphatic carbocycles. The summed E-state index contributed by atoms with van der Waals surface area (Å²) in [5.74, 6) is -1.42. The van der Waals surface area contributed by atoms with Gasteiger partial charge in [-0.25, -0.2) is 4.79 Å². The highest BCUT2D eigenvalue weighted by molar-refractivity contribution is 6.01. The number of aromatic nitrogens is 1. The largest absolute Gasteiger partial charge is 0.478 e. The van der Waals surface area contributed by atoms with Crippen molar-refractivity contribution in [3.63, 3.8) is 0 Å². The van der Waals surface area contributed by atoms with Crippen LogP contribution in [0.3, 0.4) is 0 Å². The van der Waals surface area contributed by atoms with Gasteiger partial charge in [0.2, 0.25) is 5.91 Å². The molecule has 5 nitrogen and oxygen atoms in total. The Labute approximate surface area is 106 Å². The highest BCUT2D eigenvalue weighted by Gasteiger charge is 2.11. The smallest absolute Gasteiger partial charge is 0.331 e. The van der Waals surface area contributed by atoms with Crippen LogP contribution in [0.5, 0.6) is 0 Å². The van der Waals surface area contributed by atoms with Gasteiger partial charge in [-0.1, -0.05) is 6.07 Å². The van der Waals surface area contributed by atoms with E-state index < -0.39 is 5.97 Å². The maximum absolute atomic E-state index is 11.6. The molecule has 0 saturated heterocycles. The molecule has 0 atom stereocenters. The summed E-state index contributed by atoms with van der Waals surface area (Å²) in [4.78, 5) is 26.3. The molecule has 0 fully saturated rings. The second kappa shape index (κ2) is 6.54. The maximum atomic E-state index is 11.6. The molecule has 1 rings (SSSR count). The zero-order valence-electron chi connectivity index (χ0n) is 10.4. The number of rotatable bonds is 5. The molecule has 1 aromatic rings. The molecule has 5 heteroatoms. The fraction of sp³-hybridized carbons (Fsp3) is 0.308. The van der Waals surface area contributed by atoms with Gasteiger partial charge in [-0.15, -0.1) is 0 Å². The van der Waals surface area contributed by atoms with E-state index in [0.29, 0.717) is 13.0 Å². The van der Waals surface area contributed by atoms with Gasteiger partial charge in [-0.3, -0.25) is 9.78 Å². The number of carboxylic acids is 1. The fourth-order valence-electron chi connectivity index (χ4n) is 1.33. The van der Waals surface area contributed by atoms with Crippen molar-refractivity contribution >= 4 is 11.9 Å². The number of amides is 1. The standard InChI is InChI=1S/C13H16N2O3/c1-9(10(2)13(17)18)12(16)15-7-5-11-4-3-6-14-8-11/h3-4,6,8H,5,7H2,1-2H3,(H,15,16)(H,17,18). The first-order valence-corrected chi connectivity index (χ1v) is 5.60. The van der Waals surface area contributed by atoms with E-state index in [2.05, 4.69) is 10.3 Å². The van der Waals surface area contributed by atoms with Crippen LogP contribution in [0.2, 0.25) is 0 Å². The number of pyridine rings is 1. The number of hydrogen-bond donors (Lipinski definition) is 2. The zero-order valence-corrected chi connectivity index (χ0v) is 10.4. The summed E-state index contributed by atoms with van der Waals surface area (Å²) in [7, 11) is 0. The van der Waals surface area contributed by atoms with Crippen molar-refractivity contribution in [1.82, 2.24) is 10.3 Å². The van der Waals surface area contributed by atoms with Gasteiger partial charge in [0, 0.05) is 30.1 Å². The number of nitrogens with zero attached hydrogens (tertiary/aromatic N) is 1. The number of nitrogens with one attached hydrogen (secondary N) is 1. The number of carbonyl (C=O) groups excluding carboxylic acids is 1. The van der Waals surface area contributed by atoms with Crippen LogP contribution in [0.4, 0.5) is 0 Å². The Morgan fingerprint density at radius 1 is 1.33 bits per heavy atom. The van der Waals surface area contributed by atoms with Crippen LogP contribution < -0.4 is 5.32 Å². The van der Waals surface area contributed by atoms with Crippen molar-refractivity contribution in [2.24, 2.45) is 0 Å². The van der Waals surface area contributed by atoms with Crippen LogP contribution in [0.15, 0.2) is 35.7 Å². The molecular formula is C13H16N2O3. The van der Waals surface area contributed by atoms with Crippen molar-refractivity contribution in [2.75, 3.05) is 6.54 Å². The van der Waals surface area contributed by atoms with Crippen molar-refractivity contribution in [2.45, 2.75) is 20.3 Å². The number of hydrogen-bond acceptors (Lipinski definition) is 3. The Morgan fingerprint density at radius 2 is 2.06 bits per heavy atom. The van der Waals surface area contributed by atoms with Gasteiger partial charge in [0.25, 0.3) is 0 Å². The van der Waals surface area contributed by atoms with Gasteiger partial charge in [0.05, 0.1) is 0 Å². The molecule has 0 saturated carbocycles. The molecule has 96 valence electrons. The number of carbonyl (C=O) groups is 2. The van der Waals surface area contributed by atoms with Gasteiger partial charge in [0.1, 0.15) is 0 Å². The molecule has 2 N–H and O–H groups in total. The third kappa shape index (κ3) is 4.01. The van der Waals surface area contributed by atoms with E-state index in [1.54, 1.807) is 12.4 Å². The van der Waals surface area contributed by atoms with E-state index >= 15 is 0 Å². The molecule has 0 unspecified atom stereocenters. The average Bonchev–Trinajstić information content (AvgIpc) is 2.38. The normalized spacial score (nSPS) is 11.7. The molecule has 1 aromatic heterocycles. The SMILES string of the molecule is CC(C(=O)O)=C(C)C(=O)NCCc1cccnc1. The van der Waals surface area contributed by atoms with Gasteiger partial charge in [-0.05, 0) is 31.9 Å².